The summed E-state index contributed by atoms with van der Waals surface area (Å²) in [6.45, 7) is 3.91. The number of pyridine rings is 4. The minimum Gasteiger partial charge on any atom is -0.259 e. The fraction of sp³-hybridized carbons (Fsp3) is 0.167. The van der Waals surface area contributed by atoms with Crippen molar-refractivity contribution in [3.8, 4) is 22.8 Å². The maximum atomic E-state index is 12.8. The number of aryl methyl sites for hydroxylation is 2. The molecule has 0 radical (unpaired) electrons. The molecule has 0 atom stereocenters. The zero-order chi connectivity index (χ0) is 20.9. The van der Waals surface area contributed by atoms with E-state index in [9.17, 15) is 4.21 Å². The van der Waals surface area contributed by atoms with E-state index in [0.717, 1.165) is 45.6 Å². The summed E-state index contributed by atoms with van der Waals surface area (Å²) in [5.41, 5.74) is 6.67. The molecular weight excluding hydrogens is 392 g/mol. The van der Waals surface area contributed by atoms with Crippen LogP contribution in [0, 0.1) is 13.8 Å². The van der Waals surface area contributed by atoms with E-state index < -0.39 is 10.8 Å². The van der Waals surface area contributed by atoms with Crippen LogP contribution in [-0.2, 0) is 22.3 Å². The number of nitrogens with zero attached hydrogens (tertiary/aromatic N) is 4. The third-order valence-corrected chi connectivity index (χ3v) is 5.77. The lowest BCUT2D eigenvalue weighted by Crippen LogP contribution is -2.04. The van der Waals surface area contributed by atoms with Crippen LogP contribution in [0.4, 0.5) is 0 Å². The Balaban J connectivity index is 1.48. The molecule has 6 heteroatoms. The van der Waals surface area contributed by atoms with E-state index in [-0.39, 0.29) is 0 Å². The van der Waals surface area contributed by atoms with Crippen molar-refractivity contribution in [1.29, 1.82) is 0 Å². The van der Waals surface area contributed by atoms with Crippen LogP contribution in [-0.4, -0.2) is 24.1 Å². The van der Waals surface area contributed by atoms with Crippen LogP contribution in [0.25, 0.3) is 22.8 Å². The Bertz CT molecular complexity index is 1120. The summed E-state index contributed by atoms with van der Waals surface area (Å²) in [5, 5.41) is 0. The molecule has 0 saturated carbocycles. The molecule has 0 saturated heterocycles. The van der Waals surface area contributed by atoms with Gasteiger partial charge in [-0.25, -0.2) is 0 Å². The molecule has 0 amide bonds. The van der Waals surface area contributed by atoms with Crippen molar-refractivity contribution in [1.82, 2.24) is 19.9 Å². The van der Waals surface area contributed by atoms with Crippen molar-refractivity contribution in [2.75, 3.05) is 0 Å². The van der Waals surface area contributed by atoms with Crippen molar-refractivity contribution >= 4 is 10.8 Å². The molecule has 4 heterocycles. The maximum absolute atomic E-state index is 12.8. The standard InChI is InChI=1S/C24H22N4OS/c1-17-7-3-11-21(25-17)23-13-5-9-19(27-23)15-30(29)16-20-10-6-14-24(28-20)22-12-4-8-18(2)26-22/h3-14H,15-16H2,1-2H3. The van der Waals surface area contributed by atoms with E-state index in [1.807, 2.05) is 86.6 Å². The molecule has 5 nitrogen and oxygen atoms in total. The second-order valence-corrected chi connectivity index (χ2v) is 8.54. The highest BCUT2D eigenvalue weighted by molar-refractivity contribution is 7.83. The van der Waals surface area contributed by atoms with Gasteiger partial charge in [-0.3, -0.25) is 24.1 Å². The summed E-state index contributed by atoms with van der Waals surface area (Å²) < 4.78 is 12.8. The number of hydrogen-bond acceptors (Lipinski definition) is 5. The van der Waals surface area contributed by atoms with Crippen LogP contribution >= 0.6 is 0 Å². The van der Waals surface area contributed by atoms with Crippen LogP contribution in [0.3, 0.4) is 0 Å². The fourth-order valence-corrected chi connectivity index (χ4v) is 4.24. The molecule has 0 aliphatic heterocycles. The molecule has 4 rings (SSSR count). The van der Waals surface area contributed by atoms with Crippen molar-refractivity contribution in [3.05, 3.63) is 95.6 Å². The van der Waals surface area contributed by atoms with E-state index >= 15 is 0 Å². The highest BCUT2D eigenvalue weighted by Gasteiger charge is 2.10. The van der Waals surface area contributed by atoms with Crippen molar-refractivity contribution in [3.63, 3.8) is 0 Å². The lowest BCUT2D eigenvalue weighted by atomic mass is 10.2. The highest BCUT2D eigenvalue weighted by atomic mass is 32.2. The lowest BCUT2D eigenvalue weighted by molar-refractivity contribution is 0.681. The Kier molecular flexibility index (Phi) is 6.05. The summed E-state index contributed by atoms with van der Waals surface area (Å²) >= 11 is 0. The quantitative estimate of drug-likeness (QED) is 0.459. The van der Waals surface area contributed by atoms with E-state index in [1.54, 1.807) is 0 Å². The molecule has 0 fully saturated rings. The smallest absolute Gasteiger partial charge is 0.0889 e. The van der Waals surface area contributed by atoms with Gasteiger partial charge in [-0.05, 0) is 62.4 Å². The molecule has 0 N–H and O–H groups in total. The molecule has 0 bridgehead atoms. The van der Waals surface area contributed by atoms with Gasteiger partial charge in [0.25, 0.3) is 0 Å². The molecule has 0 aliphatic rings. The summed E-state index contributed by atoms with van der Waals surface area (Å²) in [6.07, 6.45) is 0. The summed E-state index contributed by atoms with van der Waals surface area (Å²) in [4.78, 5) is 18.4. The molecule has 0 aromatic carbocycles. The molecule has 30 heavy (non-hydrogen) atoms. The summed E-state index contributed by atoms with van der Waals surface area (Å²) in [6, 6.07) is 23.2. The van der Waals surface area contributed by atoms with Gasteiger partial charge in [-0.1, -0.05) is 24.3 Å². The highest BCUT2D eigenvalue weighted by Crippen LogP contribution is 2.18. The number of rotatable bonds is 6. The van der Waals surface area contributed by atoms with Gasteiger partial charge in [-0.2, -0.15) is 0 Å². The average molecular weight is 415 g/mol. The molecule has 4 aromatic rings. The third-order valence-electron chi connectivity index (χ3n) is 4.53. The van der Waals surface area contributed by atoms with Crippen LogP contribution in [0.1, 0.15) is 22.8 Å². The molecule has 150 valence electrons. The van der Waals surface area contributed by atoms with Gasteiger partial charge < -0.3 is 0 Å². The van der Waals surface area contributed by atoms with E-state index in [1.165, 1.54) is 0 Å². The monoisotopic (exact) mass is 414 g/mol. The predicted octanol–water partition coefficient (Wildman–Crippen LogP) is 4.67. The second kappa shape index (κ2) is 9.05. The Morgan fingerprint density at radius 2 is 0.933 bits per heavy atom. The van der Waals surface area contributed by atoms with Gasteiger partial charge in [0.2, 0.25) is 0 Å². The molecule has 0 aliphatic carbocycles. The predicted molar refractivity (Wildman–Crippen MR) is 120 cm³/mol. The Hall–Kier alpha value is -3.25. The fourth-order valence-electron chi connectivity index (χ4n) is 3.16. The van der Waals surface area contributed by atoms with Crippen LogP contribution < -0.4 is 0 Å². The van der Waals surface area contributed by atoms with Crippen molar-refractivity contribution < 1.29 is 4.21 Å². The average Bonchev–Trinajstić information content (AvgIpc) is 2.74. The first-order valence-electron chi connectivity index (χ1n) is 9.72. The van der Waals surface area contributed by atoms with Crippen LogP contribution in [0.15, 0.2) is 72.8 Å². The Morgan fingerprint density at radius 3 is 1.33 bits per heavy atom. The van der Waals surface area contributed by atoms with E-state index in [0.29, 0.717) is 11.5 Å². The van der Waals surface area contributed by atoms with Crippen LogP contribution in [0.2, 0.25) is 0 Å². The van der Waals surface area contributed by atoms with Crippen molar-refractivity contribution in [2.24, 2.45) is 0 Å². The van der Waals surface area contributed by atoms with Gasteiger partial charge in [0, 0.05) is 22.2 Å². The zero-order valence-corrected chi connectivity index (χ0v) is 17.8. The topological polar surface area (TPSA) is 68.6 Å². The first-order chi connectivity index (χ1) is 14.6. The van der Waals surface area contributed by atoms with Gasteiger partial charge in [0.05, 0.1) is 45.7 Å². The number of hydrogen-bond donors (Lipinski definition) is 0. The lowest BCUT2D eigenvalue weighted by Gasteiger charge is -2.07. The molecule has 0 spiro atoms. The molecule has 0 unspecified atom stereocenters. The Morgan fingerprint density at radius 1 is 0.567 bits per heavy atom. The minimum absolute atomic E-state index is 0.369. The molecular formula is C24H22N4OS. The van der Waals surface area contributed by atoms with Gasteiger partial charge in [0.15, 0.2) is 0 Å². The van der Waals surface area contributed by atoms with Gasteiger partial charge in [0.1, 0.15) is 0 Å². The summed E-state index contributed by atoms with van der Waals surface area (Å²) in [5.74, 6) is 0.739. The number of aromatic nitrogens is 4. The van der Waals surface area contributed by atoms with E-state index in [4.69, 9.17) is 0 Å². The summed E-state index contributed by atoms with van der Waals surface area (Å²) in [7, 11) is -1.13. The first kappa shape index (κ1) is 20.0. The maximum Gasteiger partial charge on any atom is 0.0889 e. The largest absolute Gasteiger partial charge is 0.259 e. The third kappa shape index (κ3) is 5.02. The normalized spacial score (nSPS) is 11.0. The SMILES string of the molecule is Cc1cccc(-c2cccc(CS(=O)Cc3cccc(-c4cccc(C)n4)n3)n2)n1. The van der Waals surface area contributed by atoms with E-state index in [2.05, 4.69) is 19.9 Å². The van der Waals surface area contributed by atoms with Crippen LogP contribution in [0.5, 0.6) is 0 Å². The Labute approximate surface area is 178 Å². The van der Waals surface area contributed by atoms with Crippen molar-refractivity contribution in [2.45, 2.75) is 25.4 Å². The second-order valence-electron chi connectivity index (χ2n) is 7.09. The zero-order valence-electron chi connectivity index (χ0n) is 16.9. The van der Waals surface area contributed by atoms with Gasteiger partial charge >= 0.3 is 0 Å². The first-order valence-corrected chi connectivity index (χ1v) is 11.2. The van der Waals surface area contributed by atoms with Gasteiger partial charge in [-0.15, -0.1) is 0 Å². The minimum atomic E-state index is -1.13. The molecule has 4 aromatic heterocycles.